The first-order valence-electron chi connectivity index (χ1n) is 10.9. The van der Waals surface area contributed by atoms with Gasteiger partial charge >= 0.3 is 0 Å². The maximum atomic E-state index is 13.4. The molecule has 1 saturated heterocycles. The summed E-state index contributed by atoms with van der Waals surface area (Å²) in [6.07, 6.45) is 1.06. The van der Waals surface area contributed by atoms with Crippen LogP contribution in [0.2, 0.25) is 0 Å². The van der Waals surface area contributed by atoms with Gasteiger partial charge in [-0.25, -0.2) is 16.8 Å². The summed E-state index contributed by atoms with van der Waals surface area (Å²) in [5, 5.41) is 0. The molecule has 16 heteroatoms. The largest absolute Gasteiger partial charge is 0.299 e. The lowest BCUT2D eigenvalue weighted by molar-refractivity contribution is -0.142. The molecule has 5 fully saturated rings. The van der Waals surface area contributed by atoms with Gasteiger partial charge in [0.25, 0.3) is 20.2 Å². The Kier molecular flexibility index (Phi) is 5.85. The van der Waals surface area contributed by atoms with Gasteiger partial charge in [-0.05, 0) is 68.6 Å². The van der Waals surface area contributed by atoms with Crippen molar-refractivity contribution in [3.63, 3.8) is 0 Å². The number of Topliss-reactive ketones (excluding diaryl/α,β-unsaturated/α-hetero) is 2. The molecular weight excluding hydrogens is 548 g/mol. The van der Waals surface area contributed by atoms with Crippen molar-refractivity contribution in [2.75, 3.05) is 6.26 Å². The van der Waals surface area contributed by atoms with Gasteiger partial charge in [0.2, 0.25) is 4.58 Å². The molecule has 2 N–H and O–H groups in total. The van der Waals surface area contributed by atoms with Crippen molar-refractivity contribution in [2.24, 2.45) is 22.7 Å². The Labute approximate surface area is 204 Å². The Morgan fingerprint density at radius 1 is 0.943 bits per heavy atom. The highest BCUT2D eigenvalue weighted by Crippen LogP contribution is 2.73. The van der Waals surface area contributed by atoms with E-state index in [1.165, 1.54) is 0 Å². The lowest BCUT2D eigenvalue weighted by Crippen LogP contribution is -2.69. The van der Waals surface area contributed by atoms with Gasteiger partial charge in [0.1, 0.15) is 17.5 Å². The molecule has 4 saturated carbocycles. The summed E-state index contributed by atoms with van der Waals surface area (Å²) in [7, 11) is -19.2. The van der Waals surface area contributed by atoms with E-state index in [-0.39, 0.29) is 38.0 Å². The number of sulfone groups is 2. The minimum absolute atomic E-state index is 0.113. The van der Waals surface area contributed by atoms with Crippen LogP contribution in [-0.4, -0.2) is 74.5 Å². The van der Waals surface area contributed by atoms with Gasteiger partial charge in [-0.2, -0.15) is 16.8 Å². The summed E-state index contributed by atoms with van der Waals surface area (Å²) in [6.45, 7) is 0.846. The third-order valence-electron chi connectivity index (χ3n) is 8.45. The Morgan fingerprint density at radius 3 is 2.03 bits per heavy atom. The van der Waals surface area contributed by atoms with Crippen LogP contribution >= 0.6 is 0 Å². The predicted molar refractivity (Wildman–Crippen MR) is 122 cm³/mol. The molecular formula is C19H28O12S4. The Morgan fingerprint density at radius 2 is 1.54 bits per heavy atom. The van der Waals surface area contributed by atoms with Crippen LogP contribution in [-0.2, 0) is 49.5 Å². The summed E-state index contributed by atoms with van der Waals surface area (Å²) < 4.78 is 112. The molecule has 12 nitrogen and oxygen atoms in total. The van der Waals surface area contributed by atoms with E-state index in [0.717, 1.165) is 6.92 Å². The van der Waals surface area contributed by atoms with Crippen LogP contribution < -0.4 is 0 Å². The first-order chi connectivity index (χ1) is 15.6. The fourth-order valence-electron chi connectivity index (χ4n) is 8.19. The molecule has 200 valence electrons. The van der Waals surface area contributed by atoms with E-state index in [1.807, 2.05) is 0 Å². The molecule has 5 rings (SSSR count). The van der Waals surface area contributed by atoms with Crippen molar-refractivity contribution < 1.29 is 52.4 Å². The van der Waals surface area contributed by atoms with E-state index in [1.54, 1.807) is 0 Å². The number of hydrogen-bond donors (Lipinski definition) is 2. The third-order valence-corrected chi connectivity index (χ3v) is 17.0. The lowest BCUT2D eigenvalue weighted by Gasteiger charge is -2.69. The minimum atomic E-state index is -5.36. The molecule has 5 aliphatic rings. The van der Waals surface area contributed by atoms with Crippen LogP contribution in [0, 0.1) is 22.7 Å². The number of carbonyl (C=O) groups excluding carboxylic acids is 2. The number of ketones is 2. The number of carbonyl (C=O) groups is 2. The van der Waals surface area contributed by atoms with Gasteiger partial charge in [-0.1, -0.05) is 0 Å². The molecule has 4 bridgehead atoms. The predicted octanol–water partition coefficient (Wildman–Crippen LogP) is 0.151. The van der Waals surface area contributed by atoms with Crippen molar-refractivity contribution >= 4 is 51.5 Å². The standard InChI is InChI=1S/C19H28O12S4/c1-11(20)15(16(32(2,22)23)35(29,30)31)13(21)6-17-3-12-4-18(8-17)7-14(34(26,27)28)33(24,25)19(5-12,9-17)10-18/h12,14-16H,3-10H2,1-2H3,(H,26,27,28)(H,29,30,31). The van der Waals surface area contributed by atoms with Gasteiger partial charge in [0, 0.05) is 12.7 Å². The van der Waals surface area contributed by atoms with Crippen molar-refractivity contribution in [1.29, 1.82) is 0 Å². The summed E-state index contributed by atoms with van der Waals surface area (Å²) in [5.41, 5.74) is -1.79. The molecule has 7 atom stereocenters. The van der Waals surface area contributed by atoms with Crippen molar-refractivity contribution in [1.82, 2.24) is 0 Å². The SMILES string of the molecule is CC(=O)C(C(=O)CC12CC3CC4(CC(S(=O)(=O)O)S(=O)(=O)C(C3)(C1)C4)C2)C(S(C)(=O)=O)S(=O)(=O)O. The maximum absolute atomic E-state index is 13.4. The van der Waals surface area contributed by atoms with E-state index in [9.17, 15) is 52.4 Å². The smallest absolute Gasteiger partial charge is 0.283 e. The zero-order valence-electron chi connectivity index (χ0n) is 19.1. The molecule has 0 aromatic rings. The highest BCUT2D eigenvalue weighted by molar-refractivity contribution is 8.07. The zero-order chi connectivity index (χ0) is 26.6. The number of hydrogen-bond acceptors (Lipinski definition) is 10. The second-order valence-electron chi connectivity index (χ2n) is 11.3. The molecule has 2 spiro atoms. The van der Waals surface area contributed by atoms with E-state index in [0.29, 0.717) is 19.1 Å². The van der Waals surface area contributed by atoms with Crippen LogP contribution in [0.25, 0.3) is 0 Å². The molecule has 0 aromatic heterocycles. The van der Waals surface area contributed by atoms with Gasteiger partial charge in [0.15, 0.2) is 24.3 Å². The molecule has 0 aromatic carbocycles. The third kappa shape index (κ3) is 4.21. The molecule has 1 aliphatic heterocycles. The van der Waals surface area contributed by atoms with E-state index in [4.69, 9.17) is 0 Å². The first kappa shape index (κ1) is 27.1. The highest BCUT2D eigenvalue weighted by atomic mass is 32.3. The van der Waals surface area contributed by atoms with E-state index in [2.05, 4.69) is 0 Å². The normalized spacial score (nSPS) is 39.7. The Balaban J connectivity index is 1.76. The Bertz CT molecular complexity index is 1400. The van der Waals surface area contributed by atoms with Crippen LogP contribution in [0.5, 0.6) is 0 Å². The summed E-state index contributed by atoms with van der Waals surface area (Å²) in [5.74, 6) is -4.45. The fraction of sp³-hybridized carbons (Fsp3) is 0.895. The molecule has 0 radical (unpaired) electrons. The molecule has 35 heavy (non-hydrogen) atoms. The molecule has 1 heterocycles. The number of rotatable bonds is 8. The maximum Gasteiger partial charge on any atom is 0.283 e. The van der Waals surface area contributed by atoms with Gasteiger partial charge in [0.05, 0.1) is 4.75 Å². The van der Waals surface area contributed by atoms with Gasteiger partial charge in [-0.15, -0.1) is 0 Å². The minimum Gasteiger partial charge on any atom is -0.299 e. The highest BCUT2D eigenvalue weighted by Gasteiger charge is 2.73. The van der Waals surface area contributed by atoms with Crippen LogP contribution in [0.1, 0.15) is 58.3 Å². The summed E-state index contributed by atoms with van der Waals surface area (Å²) in [6, 6.07) is 0. The van der Waals surface area contributed by atoms with Crippen molar-refractivity contribution in [3.8, 4) is 0 Å². The lowest BCUT2D eigenvalue weighted by atomic mass is 9.42. The monoisotopic (exact) mass is 576 g/mol. The second-order valence-corrected chi connectivity index (χ2v) is 19.8. The zero-order valence-corrected chi connectivity index (χ0v) is 22.3. The van der Waals surface area contributed by atoms with E-state index >= 15 is 0 Å². The van der Waals surface area contributed by atoms with Crippen molar-refractivity contribution in [3.05, 3.63) is 0 Å². The average molecular weight is 577 g/mol. The molecule has 4 aliphatic carbocycles. The first-order valence-corrected chi connectivity index (χ1v) is 17.5. The van der Waals surface area contributed by atoms with Gasteiger partial charge in [-0.3, -0.25) is 18.7 Å². The molecule has 7 unspecified atom stereocenters. The van der Waals surface area contributed by atoms with Crippen LogP contribution in [0.3, 0.4) is 0 Å². The van der Waals surface area contributed by atoms with Crippen molar-refractivity contribution in [2.45, 2.75) is 72.2 Å². The summed E-state index contributed by atoms with van der Waals surface area (Å²) in [4.78, 5) is 25.7. The quantitative estimate of drug-likeness (QED) is 0.292. The second kappa shape index (κ2) is 7.56. The molecule has 0 amide bonds. The summed E-state index contributed by atoms with van der Waals surface area (Å²) >= 11 is 0. The van der Waals surface area contributed by atoms with Gasteiger partial charge < -0.3 is 0 Å². The van der Waals surface area contributed by atoms with Crippen LogP contribution in [0.15, 0.2) is 0 Å². The topological polar surface area (TPSA) is 211 Å². The van der Waals surface area contributed by atoms with E-state index < -0.39 is 88.6 Å². The fourth-order valence-corrected chi connectivity index (χ4v) is 16.6. The Hall–Kier alpha value is -0.940. The van der Waals surface area contributed by atoms with Crippen LogP contribution in [0.4, 0.5) is 0 Å². The average Bonchev–Trinajstić information content (AvgIpc) is 2.58.